The average Bonchev–Trinajstić information content (AvgIpc) is 2.84. The van der Waals surface area contributed by atoms with E-state index < -0.39 is 0 Å². The van der Waals surface area contributed by atoms with Crippen molar-refractivity contribution in [3.05, 3.63) is 18.7 Å². The van der Waals surface area contributed by atoms with E-state index in [2.05, 4.69) is 10.3 Å². The minimum absolute atomic E-state index is 0.0862. The van der Waals surface area contributed by atoms with E-state index >= 15 is 0 Å². The fourth-order valence-electron chi connectivity index (χ4n) is 2.00. The standard InChI is InChI=1S/C12H18N4O2/c1-9-10(2)14-12(18)16(11(9)17)6-3-5-15-7-4-13-8-15/h4,7-10H,3,5-6H2,1-2H3,(H,14,18). The van der Waals surface area contributed by atoms with E-state index in [-0.39, 0.29) is 23.9 Å². The van der Waals surface area contributed by atoms with Gasteiger partial charge in [-0.3, -0.25) is 9.69 Å². The van der Waals surface area contributed by atoms with E-state index in [1.165, 1.54) is 4.90 Å². The van der Waals surface area contributed by atoms with Crippen LogP contribution in [0.4, 0.5) is 4.79 Å². The summed E-state index contributed by atoms with van der Waals surface area (Å²) in [6.07, 6.45) is 6.03. The Morgan fingerprint density at radius 3 is 2.78 bits per heavy atom. The van der Waals surface area contributed by atoms with Gasteiger partial charge in [0.15, 0.2) is 0 Å². The third kappa shape index (κ3) is 2.52. The molecule has 2 rings (SSSR count). The molecule has 6 nitrogen and oxygen atoms in total. The predicted molar refractivity (Wildman–Crippen MR) is 65.7 cm³/mol. The van der Waals surface area contributed by atoms with Crippen molar-refractivity contribution in [1.82, 2.24) is 19.8 Å². The zero-order valence-electron chi connectivity index (χ0n) is 10.7. The Balaban J connectivity index is 1.88. The first-order valence-electron chi connectivity index (χ1n) is 6.17. The molecule has 0 radical (unpaired) electrons. The number of carbonyl (C=O) groups excluding carboxylic acids is 2. The minimum atomic E-state index is -0.281. The number of imidazole rings is 1. The summed E-state index contributed by atoms with van der Waals surface area (Å²) >= 11 is 0. The van der Waals surface area contributed by atoms with Crippen LogP contribution < -0.4 is 5.32 Å². The number of aromatic nitrogens is 2. The molecule has 1 aromatic heterocycles. The zero-order chi connectivity index (χ0) is 13.1. The number of hydrogen-bond acceptors (Lipinski definition) is 3. The molecule has 3 amide bonds. The van der Waals surface area contributed by atoms with Crippen LogP contribution in [0.25, 0.3) is 0 Å². The van der Waals surface area contributed by atoms with Crippen molar-refractivity contribution in [2.75, 3.05) is 6.54 Å². The largest absolute Gasteiger partial charge is 0.337 e. The fraction of sp³-hybridized carbons (Fsp3) is 0.583. The zero-order valence-corrected chi connectivity index (χ0v) is 10.7. The van der Waals surface area contributed by atoms with Gasteiger partial charge >= 0.3 is 6.03 Å². The van der Waals surface area contributed by atoms with E-state index in [1.807, 2.05) is 24.6 Å². The Kier molecular flexibility index (Phi) is 3.64. The summed E-state index contributed by atoms with van der Waals surface area (Å²) in [4.78, 5) is 29.0. The predicted octanol–water partition coefficient (Wildman–Crippen LogP) is 0.850. The second-order valence-corrected chi connectivity index (χ2v) is 4.67. The third-order valence-corrected chi connectivity index (χ3v) is 3.36. The Hall–Kier alpha value is -1.85. The molecule has 6 heteroatoms. The summed E-state index contributed by atoms with van der Waals surface area (Å²) in [7, 11) is 0. The number of imide groups is 1. The van der Waals surface area contributed by atoms with E-state index in [0.29, 0.717) is 6.54 Å². The van der Waals surface area contributed by atoms with Crippen LogP contribution >= 0.6 is 0 Å². The lowest BCUT2D eigenvalue weighted by Gasteiger charge is -2.34. The molecular formula is C12H18N4O2. The molecule has 1 N–H and O–H groups in total. The van der Waals surface area contributed by atoms with Gasteiger partial charge in [-0.25, -0.2) is 9.78 Å². The highest BCUT2D eigenvalue weighted by Gasteiger charge is 2.35. The van der Waals surface area contributed by atoms with Crippen LogP contribution in [-0.2, 0) is 11.3 Å². The Labute approximate surface area is 106 Å². The van der Waals surface area contributed by atoms with Crippen molar-refractivity contribution >= 4 is 11.9 Å². The highest BCUT2D eigenvalue weighted by Crippen LogP contribution is 2.14. The first-order valence-corrected chi connectivity index (χ1v) is 6.17. The van der Waals surface area contributed by atoms with Crippen LogP contribution in [0.5, 0.6) is 0 Å². The van der Waals surface area contributed by atoms with Crippen LogP contribution in [0.1, 0.15) is 20.3 Å². The molecule has 1 aromatic rings. The third-order valence-electron chi connectivity index (χ3n) is 3.36. The van der Waals surface area contributed by atoms with E-state index in [1.54, 1.807) is 12.5 Å². The molecule has 2 heterocycles. The number of amides is 3. The maximum atomic E-state index is 12.0. The van der Waals surface area contributed by atoms with Gasteiger partial charge < -0.3 is 9.88 Å². The molecule has 2 unspecified atom stereocenters. The summed E-state index contributed by atoms with van der Waals surface area (Å²) in [5.41, 5.74) is 0. The van der Waals surface area contributed by atoms with Crippen molar-refractivity contribution in [2.24, 2.45) is 5.92 Å². The second kappa shape index (κ2) is 5.20. The maximum Gasteiger partial charge on any atom is 0.324 e. The van der Waals surface area contributed by atoms with Gasteiger partial charge in [-0.1, -0.05) is 6.92 Å². The smallest absolute Gasteiger partial charge is 0.324 e. The average molecular weight is 250 g/mol. The van der Waals surface area contributed by atoms with Crippen molar-refractivity contribution in [2.45, 2.75) is 32.9 Å². The molecular weight excluding hydrogens is 232 g/mol. The Morgan fingerprint density at radius 2 is 2.11 bits per heavy atom. The van der Waals surface area contributed by atoms with Gasteiger partial charge in [0.25, 0.3) is 0 Å². The van der Waals surface area contributed by atoms with Crippen LogP contribution in [0.15, 0.2) is 18.7 Å². The van der Waals surface area contributed by atoms with Gasteiger partial charge in [-0.05, 0) is 13.3 Å². The molecule has 0 bridgehead atoms. The Bertz CT molecular complexity index is 429. The van der Waals surface area contributed by atoms with E-state index in [4.69, 9.17) is 0 Å². The number of urea groups is 1. The van der Waals surface area contributed by atoms with Gasteiger partial charge in [-0.2, -0.15) is 0 Å². The van der Waals surface area contributed by atoms with Gasteiger partial charge in [0.05, 0.1) is 12.2 Å². The van der Waals surface area contributed by atoms with Crippen LogP contribution in [0.2, 0.25) is 0 Å². The first-order chi connectivity index (χ1) is 8.59. The van der Waals surface area contributed by atoms with Gasteiger partial charge in [0.1, 0.15) is 0 Å². The van der Waals surface area contributed by atoms with Crippen molar-refractivity contribution < 1.29 is 9.59 Å². The normalized spacial score (nSPS) is 24.2. The topological polar surface area (TPSA) is 67.2 Å². The molecule has 0 spiro atoms. The molecule has 1 aliphatic heterocycles. The lowest BCUT2D eigenvalue weighted by atomic mass is 10.00. The molecule has 98 valence electrons. The van der Waals surface area contributed by atoms with Gasteiger partial charge in [0, 0.05) is 31.5 Å². The Morgan fingerprint density at radius 1 is 1.33 bits per heavy atom. The summed E-state index contributed by atoms with van der Waals surface area (Å²) in [5, 5.41) is 2.80. The maximum absolute atomic E-state index is 12.0. The van der Waals surface area contributed by atoms with E-state index in [0.717, 1.165) is 13.0 Å². The quantitative estimate of drug-likeness (QED) is 0.861. The van der Waals surface area contributed by atoms with Crippen molar-refractivity contribution in [3.8, 4) is 0 Å². The minimum Gasteiger partial charge on any atom is -0.337 e. The summed E-state index contributed by atoms with van der Waals surface area (Å²) in [5.74, 6) is -0.243. The number of hydrogen-bond donors (Lipinski definition) is 1. The lowest BCUT2D eigenvalue weighted by molar-refractivity contribution is -0.134. The van der Waals surface area contributed by atoms with Gasteiger partial charge in [0.2, 0.25) is 5.91 Å². The highest BCUT2D eigenvalue weighted by atomic mass is 16.2. The second-order valence-electron chi connectivity index (χ2n) is 4.67. The first kappa shape index (κ1) is 12.6. The molecule has 1 aliphatic rings. The van der Waals surface area contributed by atoms with Gasteiger partial charge in [-0.15, -0.1) is 0 Å². The van der Waals surface area contributed by atoms with Crippen LogP contribution in [-0.4, -0.2) is 39.0 Å². The monoisotopic (exact) mass is 250 g/mol. The molecule has 1 fully saturated rings. The summed E-state index contributed by atoms with van der Waals surface area (Å²) < 4.78 is 1.93. The number of nitrogens with zero attached hydrogens (tertiary/aromatic N) is 3. The van der Waals surface area contributed by atoms with Crippen molar-refractivity contribution in [3.63, 3.8) is 0 Å². The SMILES string of the molecule is CC1NC(=O)N(CCCn2ccnc2)C(=O)C1C. The molecule has 18 heavy (non-hydrogen) atoms. The number of nitrogens with one attached hydrogen (secondary N) is 1. The van der Waals surface area contributed by atoms with E-state index in [9.17, 15) is 9.59 Å². The summed E-state index contributed by atoms with van der Waals surface area (Å²) in [6, 6.07) is -0.369. The highest BCUT2D eigenvalue weighted by molar-refractivity contribution is 5.98. The number of rotatable bonds is 4. The lowest BCUT2D eigenvalue weighted by Crippen LogP contribution is -2.58. The molecule has 0 aliphatic carbocycles. The van der Waals surface area contributed by atoms with Crippen LogP contribution in [0, 0.1) is 5.92 Å². The summed E-state index contributed by atoms with van der Waals surface area (Å²) in [6.45, 7) is 4.89. The number of aryl methyl sites for hydroxylation is 1. The fourth-order valence-corrected chi connectivity index (χ4v) is 2.00. The number of carbonyl (C=O) groups is 2. The molecule has 2 atom stereocenters. The molecule has 0 aromatic carbocycles. The van der Waals surface area contributed by atoms with Crippen LogP contribution in [0.3, 0.4) is 0 Å². The molecule has 0 saturated carbocycles. The van der Waals surface area contributed by atoms with Crippen molar-refractivity contribution in [1.29, 1.82) is 0 Å². The molecule has 1 saturated heterocycles.